The molecule has 0 unspecified atom stereocenters. The van der Waals surface area contributed by atoms with Crippen molar-refractivity contribution in [2.24, 2.45) is 5.14 Å². The Kier molecular flexibility index (Phi) is 3.25. The zero-order chi connectivity index (χ0) is 11.9. The van der Waals surface area contributed by atoms with Gasteiger partial charge in [-0.3, -0.25) is 0 Å². The summed E-state index contributed by atoms with van der Waals surface area (Å²) in [6, 6.07) is 4.44. The topological polar surface area (TPSA) is 80.4 Å². The molecule has 0 heterocycles. The second-order valence-corrected chi connectivity index (χ2v) is 6.13. The number of nitrogens with two attached hydrogens (primary N) is 1. The first-order valence-corrected chi connectivity index (χ1v) is 6.51. The summed E-state index contributed by atoms with van der Waals surface area (Å²) >= 11 is 3.11. The zero-order valence-corrected chi connectivity index (χ0v) is 10.8. The molecule has 0 saturated carbocycles. The zero-order valence-electron chi connectivity index (χ0n) is 8.36. The normalized spacial score (nSPS) is 12.9. The molecule has 0 radical (unpaired) electrons. The molecule has 0 atom stereocenters. The van der Waals surface area contributed by atoms with Crippen molar-refractivity contribution in [1.82, 2.24) is 0 Å². The van der Waals surface area contributed by atoms with Crippen LogP contribution in [0, 0.1) is 0 Å². The summed E-state index contributed by atoms with van der Waals surface area (Å²) in [6.07, 6.45) is 0. The van der Waals surface area contributed by atoms with E-state index in [9.17, 15) is 13.5 Å². The Balaban J connectivity index is 3.34. The number of halogens is 1. The molecule has 0 saturated heterocycles. The minimum absolute atomic E-state index is 0.00972. The number of rotatable bonds is 2. The Hall–Kier alpha value is -0.430. The lowest BCUT2D eigenvalue weighted by Gasteiger charge is -2.18. The van der Waals surface area contributed by atoms with Gasteiger partial charge in [-0.25, -0.2) is 13.6 Å². The molecule has 0 spiro atoms. The van der Waals surface area contributed by atoms with Gasteiger partial charge in [0.1, 0.15) is 0 Å². The fourth-order valence-electron chi connectivity index (χ4n) is 1.11. The van der Waals surface area contributed by atoms with Crippen LogP contribution < -0.4 is 5.14 Å². The summed E-state index contributed by atoms with van der Waals surface area (Å²) < 4.78 is 22.6. The van der Waals surface area contributed by atoms with Gasteiger partial charge in [0.25, 0.3) is 0 Å². The molecule has 84 valence electrons. The second kappa shape index (κ2) is 3.86. The number of primary sulfonamides is 1. The highest BCUT2D eigenvalue weighted by molar-refractivity contribution is 9.10. The summed E-state index contributed by atoms with van der Waals surface area (Å²) in [5, 5.41) is 14.7. The Morgan fingerprint density at radius 2 is 1.93 bits per heavy atom. The Morgan fingerprint density at radius 3 is 2.27 bits per heavy atom. The van der Waals surface area contributed by atoms with Crippen LogP contribution in [0.4, 0.5) is 0 Å². The highest BCUT2D eigenvalue weighted by Gasteiger charge is 2.19. The molecule has 0 bridgehead atoms. The van der Waals surface area contributed by atoms with E-state index in [4.69, 9.17) is 5.14 Å². The monoisotopic (exact) mass is 293 g/mol. The van der Waals surface area contributed by atoms with Gasteiger partial charge in [-0.2, -0.15) is 0 Å². The van der Waals surface area contributed by atoms with Crippen molar-refractivity contribution in [3.8, 4) is 0 Å². The largest absolute Gasteiger partial charge is 0.386 e. The quantitative estimate of drug-likeness (QED) is 0.863. The highest BCUT2D eigenvalue weighted by atomic mass is 79.9. The van der Waals surface area contributed by atoms with Crippen LogP contribution in [0.15, 0.2) is 27.6 Å². The van der Waals surface area contributed by atoms with Gasteiger partial charge in [-0.1, -0.05) is 6.07 Å². The van der Waals surface area contributed by atoms with Crippen molar-refractivity contribution in [1.29, 1.82) is 0 Å². The number of hydrogen-bond acceptors (Lipinski definition) is 3. The van der Waals surface area contributed by atoms with E-state index in [0.717, 1.165) is 0 Å². The van der Waals surface area contributed by atoms with Crippen LogP contribution in [0.3, 0.4) is 0 Å². The minimum Gasteiger partial charge on any atom is -0.386 e. The summed E-state index contributed by atoms with van der Waals surface area (Å²) in [4.78, 5) is 0.00972. The van der Waals surface area contributed by atoms with Crippen LogP contribution >= 0.6 is 15.9 Å². The van der Waals surface area contributed by atoms with E-state index in [0.29, 0.717) is 10.0 Å². The number of hydrogen-bond donors (Lipinski definition) is 2. The van der Waals surface area contributed by atoms with Gasteiger partial charge >= 0.3 is 0 Å². The Morgan fingerprint density at radius 1 is 1.40 bits per heavy atom. The summed E-state index contributed by atoms with van der Waals surface area (Å²) in [6.45, 7) is 3.23. The summed E-state index contributed by atoms with van der Waals surface area (Å²) in [5.74, 6) is 0. The molecule has 15 heavy (non-hydrogen) atoms. The second-order valence-electron chi connectivity index (χ2n) is 3.75. The first-order valence-electron chi connectivity index (χ1n) is 4.17. The first-order chi connectivity index (χ1) is 6.62. The molecule has 1 aromatic rings. The Bertz CT molecular complexity index is 477. The molecule has 6 heteroatoms. The molecule has 1 aromatic carbocycles. The minimum atomic E-state index is -3.72. The third-order valence-electron chi connectivity index (χ3n) is 1.94. The van der Waals surface area contributed by atoms with E-state index < -0.39 is 15.6 Å². The Labute approximate surface area is 97.3 Å². The van der Waals surface area contributed by atoms with E-state index >= 15 is 0 Å². The lowest BCUT2D eigenvalue weighted by Crippen LogP contribution is -2.17. The maximum Gasteiger partial charge on any atom is 0.239 e. The fraction of sp³-hybridized carbons (Fsp3) is 0.333. The predicted molar refractivity (Wildman–Crippen MR) is 60.8 cm³/mol. The molecule has 1 rings (SSSR count). The van der Waals surface area contributed by atoms with Crippen molar-refractivity contribution >= 4 is 26.0 Å². The van der Waals surface area contributed by atoms with E-state index in [-0.39, 0.29) is 4.90 Å². The molecule has 0 aliphatic heterocycles. The highest BCUT2D eigenvalue weighted by Crippen LogP contribution is 2.27. The molecule has 0 aliphatic rings. The molecule has 4 nitrogen and oxygen atoms in total. The van der Waals surface area contributed by atoms with E-state index in [1.807, 2.05) is 0 Å². The van der Waals surface area contributed by atoms with E-state index in [1.54, 1.807) is 19.9 Å². The van der Waals surface area contributed by atoms with Crippen molar-refractivity contribution in [2.45, 2.75) is 24.3 Å². The smallest absolute Gasteiger partial charge is 0.239 e. The molecule has 0 aromatic heterocycles. The van der Waals surface area contributed by atoms with Gasteiger partial charge in [0.15, 0.2) is 0 Å². The van der Waals surface area contributed by atoms with Gasteiger partial charge in [0.2, 0.25) is 10.0 Å². The molecule has 0 aliphatic carbocycles. The first kappa shape index (κ1) is 12.6. The molecular weight excluding hydrogens is 282 g/mol. The molecule has 0 amide bonds. The van der Waals surface area contributed by atoms with E-state index in [1.165, 1.54) is 12.1 Å². The lowest BCUT2D eigenvalue weighted by molar-refractivity contribution is 0.0784. The van der Waals surface area contributed by atoms with Crippen molar-refractivity contribution in [2.75, 3.05) is 0 Å². The maximum atomic E-state index is 11.1. The number of benzene rings is 1. The maximum absolute atomic E-state index is 11.1. The average molecular weight is 294 g/mol. The van der Waals surface area contributed by atoms with Crippen LogP contribution in [-0.2, 0) is 15.6 Å². The van der Waals surface area contributed by atoms with Crippen LogP contribution in [0.25, 0.3) is 0 Å². The van der Waals surface area contributed by atoms with Gasteiger partial charge < -0.3 is 5.11 Å². The number of sulfonamides is 1. The predicted octanol–water partition coefficient (Wildman–Crippen LogP) is 1.32. The van der Waals surface area contributed by atoms with Gasteiger partial charge in [-0.05, 0) is 47.5 Å². The SMILES string of the molecule is CC(C)(O)c1ccc(S(N)(=O)=O)c(Br)c1. The van der Waals surface area contributed by atoms with Crippen molar-refractivity contribution in [3.05, 3.63) is 28.2 Å². The van der Waals surface area contributed by atoms with Gasteiger partial charge in [-0.15, -0.1) is 0 Å². The third kappa shape index (κ3) is 3.01. The summed E-state index contributed by atoms with van der Waals surface area (Å²) in [5.41, 5.74) is -0.402. The standard InChI is InChI=1S/C9H12BrNO3S/c1-9(2,12)6-3-4-8(7(10)5-6)15(11,13)14/h3-5,12H,1-2H3,(H2,11,13,14). The lowest BCUT2D eigenvalue weighted by atomic mass is 9.99. The molecular formula is C9H12BrNO3S. The van der Waals surface area contributed by atoms with Crippen LogP contribution in [0.1, 0.15) is 19.4 Å². The average Bonchev–Trinajstić information content (AvgIpc) is 1.99. The third-order valence-corrected chi connectivity index (χ3v) is 3.83. The summed E-state index contributed by atoms with van der Waals surface area (Å²) in [7, 11) is -3.72. The van der Waals surface area contributed by atoms with Crippen molar-refractivity contribution in [3.63, 3.8) is 0 Å². The molecule has 3 N–H and O–H groups in total. The molecule has 0 fully saturated rings. The fourth-order valence-corrected chi connectivity index (χ4v) is 2.76. The van der Waals surface area contributed by atoms with Gasteiger partial charge in [0, 0.05) is 4.47 Å². The van der Waals surface area contributed by atoms with Crippen molar-refractivity contribution < 1.29 is 13.5 Å². The van der Waals surface area contributed by atoms with Crippen LogP contribution in [0.5, 0.6) is 0 Å². The van der Waals surface area contributed by atoms with E-state index in [2.05, 4.69) is 15.9 Å². The number of aliphatic hydroxyl groups is 1. The van der Waals surface area contributed by atoms with Gasteiger partial charge in [0.05, 0.1) is 10.5 Å². The van der Waals surface area contributed by atoms with Crippen LogP contribution in [0.2, 0.25) is 0 Å². The van der Waals surface area contributed by atoms with Crippen LogP contribution in [-0.4, -0.2) is 13.5 Å².